The summed E-state index contributed by atoms with van der Waals surface area (Å²) in [6, 6.07) is 0. The van der Waals surface area contributed by atoms with Crippen molar-refractivity contribution in [3.05, 3.63) is 12.2 Å². The molecule has 0 N–H and O–H groups in total. The number of alkyl halides is 2. The molecule has 0 saturated carbocycles. The third-order valence-electron chi connectivity index (χ3n) is 2.04. The van der Waals surface area contributed by atoms with Gasteiger partial charge in [0, 0.05) is 24.1 Å². The first-order chi connectivity index (χ1) is 6.11. The molecule has 0 bridgehead atoms. The van der Waals surface area contributed by atoms with Gasteiger partial charge in [0.05, 0.1) is 0 Å². The molecule has 3 nitrogen and oxygen atoms in total. The summed E-state index contributed by atoms with van der Waals surface area (Å²) in [5, 5.41) is 5.96. The number of hydrogen-bond donors (Lipinski definition) is 0. The number of aromatic nitrogens is 3. The summed E-state index contributed by atoms with van der Waals surface area (Å²) < 4.78 is 1.82. The van der Waals surface area contributed by atoms with Gasteiger partial charge in [0.2, 0.25) is 0 Å². The summed E-state index contributed by atoms with van der Waals surface area (Å²) in [4.78, 5) is 4.21. The number of nitrogens with zero attached hydrogens (tertiary/aromatic N) is 3. The second-order valence-electron chi connectivity index (χ2n) is 3.55. The summed E-state index contributed by atoms with van der Waals surface area (Å²) >= 11 is 7.03. The monoisotopic (exact) mass is 309 g/mol. The molecule has 0 atom stereocenters. The molecule has 0 aromatic carbocycles. The van der Waals surface area contributed by atoms with Crippen molar-refractivity contribution >= 4 is 31.9 Å². The Balaban J connectivity index is 2.73. The zero-order chi connectivity index (χ0) is 9.90. The lowest BCUT2D eigenvalue weighted by Gasteiger charge is -2.23. The molecule has 13 heavy (non-hydrogen) atoms. The molecule has 0 aliphatic rings. The molecular formula is C8H13Br2N3. The fourth-order valence-corrected chi connectivity index (χ4v) is 2.32. The van der Waals surface area contributed by atoms with Gasteiger partial charge in [0.15, 0.2) is 0 Å². The van der Waals surface area contributed by atoms with Crippen molar-refractivity contribution in [2.75, 3.05) is 10.7 Å². The average Bonchev–Trinajstić information content (AvgIpc) is 2.52. The van der Waals surface area contributed by atoms with Crippen LogP contribution in [0.3, 0.4) is 0 Å². The molecule has 1 aromatic heterocycles. The summed E-state index contributed by atoms with van der Waals surface area (Å²) in [6.07, 6.45) is 2.53. The minimum Gasteiger partial charge on any atom is -0.253 e. The Kier molecular flexibility index (Phi) is 3.91. The first kappa shape index (κ1) is 11.2. The van der Waals surface area contributed by atoms with E-state index in [2.05, 4.69) is 48.9 Å². The Morgan fingerprint density at radius 3 is 2.46 bits per heavy atom. The quantitative estimate of drug-likeness (QED) is 0.798. The SMILES string of the molecule is Cn1ncnc1CC(C)(CBr)CBr. The lowest BCUT2D eigenvalue weighted by Crippen LogP contribution is -2.25. The van der Waals surface area contributed by atoms with E-state index >= 15 is 0 Å². The highest BCUT2D eigenvalue weighted by atomic mass is 79.9. The maximum absolute atomic E-state index is 4.21. The lowest BCUT2D eigenvalue weighted by molar-refractivity contribution is 0.417. The predicted octanol–water partition coefficient (Wildman–Crippen LogP) is 2.15. The highest BCUT2D eigenvalue weighted by Crippen LogP contribution is 2.26. The lowest BCUT2D eigenvalue weighted by atomic mass is 9.92. The molecule has 0 fully saturated rings. The van der Waals surface area contributed by atoms with Crippen LogP contribution in [0, 0.1) is 5.41 Å². The van der Waals surface area contributed by atoms with E-state index in [-0.39, 0.29) is 5.41 Å². The van der Waals surface area contributed by atoms with E-state index in [1.54, 1.807) is 6.33 Å². The number of halogens is 2. The van der Waals surface area contributed by atoms with Gasteiger partial charge >= 0.3 is 0 Å². The van der Waals surface area contributed by atoms with E-state index < -0.39 is 0 Å². The maximum atomic E-state index is 4.21. The van der Waals surface area contributed by atoms with Crippen LogP contribution in [0.4, 0.5) is 0 Å². The second-order valence-corrected chi connectivity index (χ2v) is 4.68. The van der Waals surface area contributed by atoms with Gasteiger partial charge in [-0.1, -0.05) is 38.8 Å². The zero-order valence-electron chi connectivity index (χ0n) is 7.80. The van der Waals surface area contributed by atoms with Crippen molar-refractivity contribution in [3.63, 3.8) is 0 Å². The fourth-order valence-electron chi connectivity index (χ4n) is 0.992. The molecule has 0 amide bonds. The van der Waals surface area contributed by atoms with Crippen LogP contribution in [0.15, 0.2) is 6.33 Å². The summed E-state index contributed by atoms with van der Waals surface area (Å²) in [6.45, 7) is 2.21. The van der Waals surface area contributed by atoms with Crippen LogP contribution < -0.4 is 0 Å². The van der Waals surface area contributed by atoms with Gasteiger partial charge in [-0.15, -0.1) is 0 Å². The van der Waals surface area contributed by atoms with Gasteiger partial charge in [-0.3, -0.25) is 4.68 Å². The Bertz CT molecular complexity index is 268. The molecule has 1 aromatic rings. The molecule has 1 rings (SSSR count). The summed E-state index contributed by atoms with van der Waals surface area (Å²) in [5.41, 5.74) is 0.209. The maximum Gasteiger partial charge on any atom is 0.138 e. The van der Waals surface area contributed by atoms with Crippen LogP contribution in [0.25, 0.3) is 0 Å². The van der Waals surface area contributed by atoms with E-state index in [1.807, 2.05) is 11.7 Å². The molecule has 0 saturated heterocycles. The van der Waals surface area contributed by atoms with Gasteiger partial charge in [0.1, 0.15) is 12.2 Å². The smallest absolute Gasteiger partial charge is 0.138 e. The van der Waals surface area contributed by atoms with Gasteiger partial charge in [-0.25, -0.2) is 4.98 Å². The molecule has 0 spiro atoms. The largest absolute Gasteiger partial charge is 0.253 e. The van der Waals surface area contributed by atoms with E-state index in [9.17, 15) is 0 Å². The molecule has 5 heteroatoms. The van der Waals surface area contributed by atoms with Gasteiger partial charge in [-0.2, -0.15) is 5.10 Å². The minimum atomic E-state index is 0.209. The summed E-state index contributed by atoms with van der Waals surface area (Å²) in [7, 11) is 1.92. The fraction of sp³-hybridized carbons (Fsp3) is 0.750. The molecular weight excluding hydrogens is 298 g/mol. The first-order valence-corrected chi connectivity index (χ1v) is 6.30. The van der Waals surface area contributed by atoms with Crippen LogP contribution in [0.1, 0.15) is 12.7 Å². The Hall–Kier alpha value is 0.100. The Morgan fingerprint density at radius 2 is 2.08 bits per heavy atom. The van der Waals surface area contributed by atoms with E-state index in [0.717, 1.165) is 22.9 Å². The number of aryl methyl sites for hydroxylation is 1. The van der Waals surface area contributed by atoms with Crippen LogP contribution >= 0.6 is 31.9 Å². The number of hydrogen-bond acceptors (Lipinski definition) is 2. The standard InChI is InChI=1S/C8H13Br2N3/c1-8(4-9,5-10)3-7-11-6-12-13(7)2/h6H,3-5H2,1-2H3. The Morgan fingerprint density at radius 1 is 1.46 bits per heavy atom. The third-order valence-corrected chi connectivity index (χ3v) is 4.74. The van der Waals surface area contributed by atoms with Crippen molar-refractivity contribution in [2.24, 2.45) is 12.5 Å². The number of rotatable bonds is 4. The third kappa shape index (κ3) is 2.77. The van der Waals surface area contributed by atoms with Gasteiger partial charge < -0.3 is 0 Å². The average molecular weight is 311 g/mol. The summed E-state index contributed by atoms with van der Waals surface area (Å²) in [5.74, 6) is 1.03. The van der Waals surface area contributed by atoms with Crippen LogP contribution in [0.2, 0.25) is 0 Å². The second kappa shape index (κ2) is 4.55. The van der Waals surface area contributed by atoms with Crippen molar-refractivity contribution in [1.82, 2.24) is 14.8 Å². The highest BCUT2D eigenvalue weighted by Gasteiger charge is 2.24. The van der Waals surface area contributed by atoms with E-state index in [4.69, 9.17) is 0 Å². The van der Waals surface area contributed by atoms with E-state index in [1.165, 1.54) is 0 Å². The molecule has 1 heterocycles. The van der Waals surface area contributed by atoms with Crippen LogP contribution in [0.5, 0.6) is 0 Å². The molecule has 0 aliphatic heterocycles. The topological polar surface area (TPSA) is 30.7 Å². The normalized spacial score (nSPS) is 12.0. The van der Waals surface area contributed by atoms with Gasteiger partial charge in [0.25, 0.3) is 0 Å². The van der Waals surface area contributed by atoms with Gasteiger partial charge in [-0.05, 0) is 5.41 Å². The van der Waals surface area contributed by atoms with Crippen molar-refractivity contribution in [2.45, 2.75) is 13.3 Å². The van der Waals surface area contributed by atoms with Crippen molar-refractivity contribution < 1.29 is 0 Å². The van der Waals surface area contributed by atoms with Crippen LogP contribution in [-0.4, -0.2) is 25.4 Å². The van der Waals surface area contributed by atoms with Crippen molar-refractivity contribution in [3.8, 4) is 0 Å². The predicted molar refractivity (Wildman–Crippen MR) is 60.4 cm³/mol. The first-order valence-electron chi connectivity index (χ1n) is 4.06. The van der Waals surface area contributed by atoms with E-state index in [0.29, 0.717) is 0 Å². The Labute approximate surface area is 95.2 Å². The molecule has 74 valence electrons. The highest BCUT2D eigenvalue weighted by molar-refractivity contribution is 9.09. The molecule has 0 unspecified atom stereocenters. The van der Waals surface area contributed by atoms with Crippen molar-refractivity contribution in [1.29, 1.82) is 0 Å². The zero-order valence-corrected chi connectivity index (χ0v) is 11.0. The van der Waals surface area contributed by atoms with Crippen LogP contribution in [-0.2, 0) is 13.5 Å². The molecule has 0 radical (unpaired) electrons. The minimum absolute atomic E-state index is 0.209. The molecule has 0 aliphatic carbocycles.